The van der Waals surface area contributed by atoms with Crippen molar-refractivity contribution >= 4 is 11.6 Å². The van der Waals surface area contributed by atoms with E-state index in [4.69, 9.17) is 9.47 Å². The highest BCUT2D eigenvalue weighted by Crippen LogP contribution is 2.14. The van der Waals surface area contributed by atoms with Gasteiger partial charge in [-0.3, -0.25) is 4.79 Å². The SMILES string of the molecule is COc1ccc(NCC(=O)NCC2CCCO2)cc1. The predicted molar refractivity (Wildman–Crippen MR) is 73.5 cm³/mol. The molecule has 1 aliphatic rings. The van der Waals surface area contributed by atoms with E-state index < -0.39 is 0 Å². The van der Waals surface area contributed by atoms with Gasteiger partial charge in [-0.1, -0.05) is 0 Å². The quantitative estimate of drug-likeness (QED) is 0.815. The fourth-order valence-corrected chi connectivity index (χ4v) is 1.99. The number of amides is 1. The number of rotatable bonds is 6. The van der Waals surface area contributed by atoms with Crippen molar-refractivity contribution < 1.29 is 14.3 Å². The number of anilines is 1. The van der Waals surface area contributed by atoms with Gasteiger partial charge in [0.2, 0.25) is 5.91 Å². The summed E-state index contributed by atoms with van der Waals surface area (Å²) in [6.45, 7) is 1.67. The summed E-state index contributed by atoms with van der Waals surface area (Å²) in [5.74, 6) is 0.778. The first kappa shape index (κ1) is 13.7. The molecule has 104 valence electrons. The van der Waals surface area contributed by atoms with Gasteiger partial charge in [0.25, 0.3) is 0 Å². The Hall–Kier alpha value is -1.75. The lowest BCUT2D eigenvalue weighted by Crippen LogP contribution is -2.35. The number of hydrogen-bond donors (Lipinski definition) is 2. The molecule has 2 rings (SSSR count). The number of ether oxygens (including phenoxy) is 2. The maximum absolute atomic E-state index is 11.6. The number of carbonyl (C=O) groups excluding carboxylic acids is 1. The van der Waals surface area contributed by atoms with E-state index in [-0.39, 0.29) is 18.6 Å². The maximum Gasteiger partial charge on any atom is 0.239 e. The molecule has 1 saturated heterocycles. The van der Waals surface area contributed by atoms with Crippen molar-refractivity contribution in [2.45, 2.75) is 18.9 Å². The standard InChI is InChI=1S/C14H20N2O3/c1-18-12-6-4-11(5-7-12)15-10-14(17)16-9-13-3-2-8-19-13/h4-7,13,15H,2-3,8-10H2,1H3,(H,16,17). The summed E-state index contributed by atoms with van der Waals surface area (Å²) >= 11 is 0. The van der Waals surface area contributed by atoms with E-state index in [1.807, 2.05) is 24.3 Å². The smallest absolute Gasteiger partial charge is 0.239 e. The molecule has 0 aliphatic carbocycles. The monoisotopic (exact) mass is 264 g/mol. The third-order valence-corrected chi connectivity index (χ3v) is 3.09. The van der Waals surface area contributed by atoms with E-state index in [9.17, 15) is 4.79 Å². The minimum Gasteiger partial charge on any atom is -0.497 e. The van der Waals surface area contributed by atoms with Gasteiger partial charge in [0.15, 0.2) is 0 Å². The van der Waals surface area contributed by atoms with E-state index in [0.29, 0.717) is 6.54 Å². The zero-order chi connectivity index (χ0) is 13.5. The van der Waals surface area contributed by atoms with Crippen molar-refractivity contribution in [3.8, 4) is 5.75 Å². The molecule has 0 aromatic heterocycles. The highest BCUT2D eigenvalue weighted by molar-refractivity contribution is 5.80. The summed E-state index contributed by atoms with van der Waals surface area (Å²) in [4.78, 5) is 11.6. The van der Waals surface area contributed by atoms with E-state index in [1.165, 1.54) is 0 Å². The average Bonchev–Trinajstić information content (AvgIpc) is 2.96. The van der Waals surface area contributed by atoms with Gasteiger partial charge in [-0.05, 0) is 37.1 Å². The fraction of sp³-hybridized carbons (Fsp3) is 0.500. The number of hydrogen-bond acceptors (Lipinski definition) is 4. The Morgan fingerprint density at radius 1 is 1.42 bits per heavy atom. The lowest BCUT2D eigenvalue weighted by Gasteiger charge is -2.11. The zero-order valence-corrected chi connectivity index (χ0v) is 11.1. The molecular formula is C14H20N2O3. The van der Waals surface area contributed by atoms with Crippen LogP contribution in [-0.2, 0) is 9.53 Å². The van der Waals surface area contributed by atoms with Crippen LogP contribution in [0.1, 0.15) is 12.8 Å². The van der Waals surface area contributed by atoms with Gasteiger partial charge in [0.1, 0.15) is 5.75 Å². The largest absolute Gasteiger partial charge is 0.497 e. The Morgan fingerprint density at radius 2 is 2.21 bits per heavy atom. The first-order chi connectivity index (χ1) is 9.28. The van der Waals surface area contributed by atoms with Gasteiger partial charge in [-0.2, -0.15) is 0 Å². The van der Waals surface area contributed by atoms with Gasteiger partial charge in [0.05, 0.1) is 19.8 Å². The Balaban J connectivity index is 1.67. The van der Waals surface area contributed by atoms with Crippen molar-refractivity contribution in [3.63, 3.8) is 0 Å². The molecule has 19 heavy (non-hydrogen) atoms. The molecule has 0 saturated carbocycles. The summed E-state index contributed by atoms with van der Waals surface area (Å²) in [7, 11) is 1.63. The molecule has 1 aliphatic heterocycles. The van der Waals surface area contributed by atoms with Crippen LogP contribution in [0.2, 0.25) is 0 Å². The minimum atomic E-state index is -0.0219. The molecule has 0 spiro atoms. The Kier molecular flexibility index (Phi) is 5.03. The van der Waals surface area contributed by atoms with Crippen molar-refractivity contribution in [3.05, 3.63) is 24.3 Å². The lowest BCUT2D eigenvalue weighted by molar-refractivity contribution is -0.119. The summed E-state index contributed by atoms with van der Waals surface area (Å²) in [5.41, 5.74) is 0.896. The Morgan fingerprint density at radius 3 is 2.84 bits per heavy atom. The summed E-state index contributed by atoms with van der Waals surface area (Å²) in [5, 5.41) is 5.93. The first-order valence-electron chi connectivity index (χ1n) is 6.54. The van der Waals surface area contributed by atoms with Crippen molar-refractivity contribution in [1.82, 2.24) is 5.32 Å². The molecule has 1 amide bonds. The summed E-state index contributed by atoms with van der Waals surface area (Å²) < 4.78 is 10.5. The maximum atomic E-state index is 11.6. The zero-order valence-electron chi connectivity index (χ0n) is 11.1. The second kappa shape index (κ2) is 6.99. The molecule has 1 fully saturated rings. The van der Waals surface area contributed by atoms with Crippen LogP contribution in [0.4, 0.5) is 5.69 Å². The normalized spacial score (nSPS) is 18.1. The second-order valence-electron chi connectivity index (χ2n) is 4.52. The van der Waals surface area contributed by atoms with Gasteiger partial charge >= 0.3 is 0 Å². The van der Waals surface area contributed by atoms with Crippen LogP contribution in [0.3, 0.4) is 0 Å². The van der Waals surface area contributed by atoms with E-state index in [2.05, 4.69) is 10.6 Å². The molecule has 1 unspecified atom stereocenters. The molecule has 2 N–H and O–H groups in total. The Bertz CT molecular complexity index is 400. The molecule has 5 nitrogen and oxygen atoms in total. The van der Waals surface area contributed by atoms with E-state index >= 15 is 0 Å². The highest BCUT2D eigenvalue weighted by atomic mass is 16.5. The number of benzene rings is 1. The van der Waals surface area contributed by atoms with Crippen molar-refractivity contribution in [2.24, 2.45) is 0 Å². The number of methoxy groups -OCH3 is 1. The van der Waals surface area contributed by atoms with Gasteiger partial charge in [0, 0.05) is 18.8 Å². The number of carbonyl (C=O) groups is 1. The van der Waals surface area contributed by atoms with Crippen LogP contribution < -0.4 is 15.4 Å². The van der Waals surface area contributed by atoms with Crippen molar-refractivity contribution in [1.29, 1.82) is 0 Å². The van der Waals surface area contributed by atoms with E-state index in [0.717, 1.165) is 30.9 Å². The molecule has 5 heteroatoms. The molecule has 0 bridgehead atoms. The van der Waals surface area contributed by atoms with Gasteiger partial charge in [-0.15, -0.1) is 0 Å². The highest BCUT2D eigenvalue weighted by Gasteiger charge is 2.15. The van der Waals surface area contributed by atoms with Crippen LogP contribution in [0.15, 0.2) is 24.3 Å². The Labute approximate surface area is 113 Å². The molecule has 1 atom stereocenters. The molecular weight excluding hydrogens is 244 g/mol. The molecule has 1 aromatic rings. The van der Waals surface area contributed by atoms with Crippen LogP contribution in [0, 0.1) is 0 Å². The van der Waals surface area contributed by atoms with Crippen LogP contribution >= 0.6 is 0 Å². The van der Waals surface area contributed by atoms with Crippen LogP contribution in [-0.4, -0.2) is 38.8 Å². The minimum absolute atomic E-state index is 0.0219. The molecule has 1 aromatic carbocycles. The summed E-state index contributed by atoms with van der Waals surface area (Å²) in [6, 6.07) is 7.47. The third kappa shape index (κ3) is 4.44. The topological polar surface area (TPSA) is 59.6 Å². The second-order valence-corrected chi connectivity index (χ2v) is 4.52. The molecule has 0 radical (unpaired) electrons. The van der Waals surface area contributed by atoms with Crippen LogP contribution in [0.5, 0.6) is 5.75 Å². The molecule has 1 heterocycles. The summed E-state index contributed by atoms with van der Waals surface area (Å²) in [6.07, 6.45) is 2.31. The van der Waals surface area contributed by atoms with Gasteiger partial charge in [-0.25, -0.2) is 0 Å². The van der Waals surface area contributed by atoms with Crippen molar-refractivity contribution in [2.75, 3.05) is 32.1 Å². The van der Waals surface area contributed by atoms with Crippen LogP contribution in [0.25, 0.3) is 0 Å². The number of nitrogens with one attached hydrogen (secondary N) is 2. The third-order valence-electron chi connectivity index (χ3n) is 3.09. The lowest BCUT2D eigenvalue weighted by atomic mass is 10.2. The average molecular weight is 264 g/mol. The first-order valence-corrected chi connectivity index (χ1v) is 6.54. The predicted octanol–water partition coefficient (Wildman–Crippen LogP) is 1.40. The van der Waals surface area contributed by atoms with Gasteiger partial charge < -0.3 is 20.1 Å². The van der Waals surface area contributed by atoms with E-state index in [1.54, 1.807) is 7.11 Å². The fourth-order valence-electron chi connectivity index (χ4n) is 1.99.